The topological polar surface area (TPSA) is 93.7 Å². The van der Waals surface area contributed by atoms with Gasteiger partial charge in [-0.25, -0.2) is 12.8 Å². The minimum atomic E-state index is -3.78. The minimum Gasteiger partial charge on any atom is -0.319 e. The van der Waals surface area contributed by atoms with Crippen LogP contribution in [-0.2, 0) is 27.9 Å². The number of hydrogen-bond acceptors (Lipinski definition) is 5. The summed E-state index contributed by atoms with van der Waals surface area (Å²) in [6.07, 6.45) is 2.85. The van der Waals surface area contributed by atoms with Gasteiger partial charge in [0.15, 0.2) is 4.80 Å². The van der Waals surface area contributed by atoms with Gasteiger partial charge in [-0.3, -0.25) is 9.59 Å². The molecule has 0 atom stereocenters. The predicted molar refractivity (Wildman–Crippen MR) is 119 cm³/mol. The van der Waals surface area contributed by atoms with Gasteiger partial charge in [-0.1, -0.05) is 32.0 Å². The molecule has 8 nitrogen and oxygen atoms in total. The van der Waals surface area contributed by atoms with Crippen molar-refractivity contribution in [3.63, 3.8) is 0 Å². The molecule has 3 aromatic rings. The molecular formula is C21H23FN4O4S2. The van der Waals surface area contributed by atoms with Gasteiger partial charge in [0, 0.05) is 42.5 Å². The standard InChI is InChI=1S/C21H23FN4O4S2/c1-3-26(4-2)32(29,30)17-9-10-20(28)25(14-17)15-19(27)23-21-24(11-12-31-21)13-16-7-5-6-8-18(16)22/h5-12,14H,3-4,13,15H2,1-2H3. The lowest BCUT2D eigenvalue weighted by Gasteiger charge is -2.18. The van der Waals surface area contributed by atoms with E-state index in [1.54, 1.807) is 48.2 Å². The number of aromatic nitrogens is 2. The Labute approximate surface area is 189 Å². The highest BCUT2D eigenvalue weighted by atomic mass is 32.2. The Kier molecular flexibility index (Phi) is 7.54. The fraction of sp³-hybridized carbons (Fsp3) is 0.286. The first kappa shape index (κ1) is 23.8. The van der Waals surface area contributed by atoms with Crippen LogP contribution < -0.4 is 10.4 Å². The van der Waals surface area contributed by atoms with E-state index >= 15 is 0 Å². The molecular weight excluding hydrogens is 455 g/mol. The normalized spacial score (nSPS) is 12.4. The van der Waals surface area contributed by atoms with Crippen molar-refractivity contribution in [2.75, 3.05) is 13.1 Å². The van der Waals surface area contributed by atoms with Crippen molar-refractivity contribution in [3.8, 4) is 0 Å². The van der Waals surface area contributed by atoms with E-state index in [9.17, 15) is 22.4 Å². The zero-order valence-electron chi connectivity index (χ0n) is 17.6. The van der Waals surface area contributed by atoms with Gasteiger partial charge in [-0.05, 0) is 12.1 Å². The van der Waals surface area contributed by atoms with Crippen molar-refractivity contribution < 1.29 is 17.6 Å². The van der Waals surface area contributed by atoms with Crippen molar-refractivity contribution in [3.05, 3.63) is 80.7 Å². The number of halogens is 1. The number of nitrogens with zero attached hydrogens (tertiary/aromatic N) is 4. The van der Waals surface area contributed by atoms with Crippen molar-refractivity contribution in [2.24, 2.45) is 4.99 Å². The minimum absolute atomic E-state index is 0.0701. The quantitative estimate of drug-likeness (QED) is 0.495. The van der Waals surface area contributed by atoms with Crippen LogP contribution in [0.25, 0.3) is 0 Å². The van der Waals surface area contributed by atoms with E-state index in [1.807, 2.05) is 0 Å². The molecule has 1 aromatic carbocycles. The predicted octanol–water partition coefficient (Wildman–Crippen LogP) is 2.06. The van der Waals surface area contributed by atoms with E-state index in [4.69, 9.17) is 0 Å². The average Bonchev–Trinajstić information content (AvgIpc) is 3.18. The monoisotopic (exact) mass is 478 g/mol. The Morgan fingerprint density at radius 3 is 2.53 bits per heavy atom. The van der Waals surface area contributed by atoms with Crippen molar-refractivity contribution in [1.82, 2.24) is 13.4 Å². The molecule has 0 fully saturated rings. The van der Waals surface area contributed by atoms with E-state index < -0.39 is 28.0 Å². The molecule has 3 rings (SSSR count). The maximum Gasteiger partial charge on any atom is 0.268 e. The molecule has 0 bridgehead atoms. The number of hydrogen-bond donors (Lipinski definition) is 0. The number of rotatable bonds is 8. The molecule has 2 aromatic heterocycles. The summed E-state index contributed by atoms with van der Waals surface area (Å²) in [5.74, 6) is -0.990. The summed E-state index contributed by atoms with van der Waals surface area (Å²) in [6, 6.07) is 8.67. The van der Waals surface area contributed by atoms with Crippen LogP contribution in [0.5, 0.6) is 0 Å². The zero-order chi connectivity index (χ0) is 23.3. The smallest absolute Gasteiger partial charge is 0.268 e. The third-order valence-corrected chi connectivity index (χ3v) is 7.61. The first-order chi connectivity index (χ1) is 15.3. The third-order valence-electron chi connectivity index (χ3n) is 4.78. The molecule has 170 valence electrons. The van der Waals surface area contributed by atoms with Crippen LogP contribution >= 0.6 is 11.3 Å². The zero-order valence-corrected chi connectivity index (χ0v) is 19.3. The highest BCUT2D eigenvalue weighted by molar-refractivity contribution is 7.89. The summed E-state index contributed by atoms with van der Waals surface area (Å²) >= 11 is 1.20. The number of amides is 1. The lowest BCUT2D eigenvalue weighted by atomic mass is 10.2. The molecule has 11 heteroatoms. The number of carbonyl (C=O) groups is 1. The van der Waals surface area contributed by atoms with Crippen molar-refractivity contribution >= 4 is 27.3 Å². The van der Waals surface area contributed by atoms with Crippen LogP contribution in [0.4, 0.5) is 4.39 Å². The molecule has 0 unspecified atom stereocenters. The van der Waals surface area contributed by atoms with E-state index in [0.717, 1.165) is 16.8 Å². The van der Waals surface area contributed by atoms with Gasteiger partial charge >= 0.3 is 0 Å². The van der Waals surface area contributed by atoms with E-state index in [1.165, 1.54) is 27.8 Å². The van der Waals surface area contributed by atoms with Crippen LogP contribution in [0.15, 0.2) is 68.9 Å². The van der Waals surface area contributed by atoms with Crippen LogP contribution in [-0.4, -0.2) is 40.9 Å². The van der Waals surface area contributed by atoms with Gasteiger partial charge in [0.2, 0.25) is 10.0 Å². The van der Waals surface area contributed by atoms with Crippen molar-refractivity contribution in [1.29, 1.82) is 0 Å². The molecule has 0 saturated carbocycles. The van der Waals surface area contributed by atoms with Crippen LogP contribution in [0, 0.1) is 5.82 Å². The Hall–Kier alpha value is -2.89. The SMILES string of the molecule is CCN(CC)S(=O)(=O)c1ccc(=O)n(CC(=O)N=c2sccn2Cc2ccccc2F)c1. The molecule has 0 radical (unpaired) electrons. The maximum atomic E-state index is 14.0. The number of pyridine rings is 1. The Bertz CT molecular complexity index is 1340. The lowest BCUT2D eigenvalue weighted by molar-refractivity contribution is -0.118. The number of sulfonamides is 1. The fourth-order valence-corrected chi connectivity index (χ4v) is 5.33. The van der Waals surface area contributed by atoms with Crippen LogP contribution in [0.1, 0.15) is 19.4 Å². The van der Waals surface area contributed by atoms with Gasteiger partial charge in [0.25, 0.3) is 11.5 Å². The Morgan fingerprint density at radius 1 is 1.12 bits per heavy atom. The molecule has 0 aliphatic heterocycles. The summed E-state index contributed by atoms with van der Waals surface area (Å²) < 4.78 is 43.3. The highest BCUT2D eigenvalue weighted by Gasteiger charge is 2.22. The Balaban J connectivity index is 1.86. The van der Waals surface area contributed by atoms with E-state index in [2.05, 4.69) is 4.99 Å². The van der Waals surface area contributed by atoms with Gasteiger partial charge in [0.05, 0.1) is 11.4 Å². The largest absolute Gasteiger partial charge is 0.319 e. The van der Waals surface area contributed by atoms with Crippen LogP contribution in [0.3, 0.4) is 0 Å². The summed E-state index contributed by atoms with van der Waals surface area (Å²) in [5, 5.41) is 1.72. The van der Waals surface area contributed by atoms with Gasteiger partial charge in [-0.15, -0.1) is 11.3 Å². The number of benzene rings is 1. The maximum absolute atomic E-state index is 14.0. The third kappa shape index (κ3) is 5.29. The second-order valence-corrected chi connectivity index (χ2v) is 9.64. The van der Waals surface area contributed by atoms with E-state index in [-0.39, 0.29) is 30.3 Å². The Morgan fingerprint density at radius 2 is 1.84 bits per heavy atom. The summed E-state index contributed by atoms with van der Waals surface area (Å²) in [6.45, 7) is 3.78. The second kappa shape index (κ2) is 10.2. The molecule has 2 heterocycles. The number of thiazole rings is 1. The lowest BCUT2D eigenvalue weighted by Crippen LogP contribution is -2.32. The van der Waals surface area contributed by atoms with Crippen LogP contribution in [0.2, 0.25) is 0 Å². The number of carbonyl (C=O) groups excluding carboxylic acids is 1. The molecule has 0 saturated heterocycles. The highest BCUT2D eigenvalue weighted by Crippen LogP contribution is 2.13. The summed E-state index contributed by atoms with van der Waals surface area (Å²) in [5.41, 5.74) is -0.0669. The van der Waals surface area contributed by atoms with Gasteiger partial charge in [-0.2, -0.15) is 9.30 Å². The molecule has 0 N–H and O–H groups in total. The molecule has 0 spiro atoms. The molecule has 0 aliphatic carbocycles. The summed E-state index contributed by atoms with van der Waals surface area (Å²) in [4.78, 5) is 29.1. The molecule has 0 aliphatic rings. The van der Waals surface area contributed by atoms with Crippen molar-refractivity contribution in [2.45, 2.75) is 31.8 Å². The second-order valence-electron chi connectivity index (χ2n) is 6.83. The average molecular weight is 479 g/mol. The van der Waals surface area contributed by atoms with Gasteiger partial charge in [0.1, 0.15) is 12.4 Å². The summed E-state index contributed by atoms with van der Waals surface area (Å²) in [7, 11) is -3.78. The molecule has 32 heavy (non-hydrogen) atoms. The fourth-order valence-electron chi connectivity index (χ4n) is 3.10. The molecule has 1 amide bonds. The first-order valence-electron chi connectivity index (χ1n) is 9.91. The van der Waals surface area contributed by atoms with E-state index in [0.29, 0.717) is 10.4 Å². The van der Waals surface area contributed by atoms with Gasteiger partial charge < -0.3 is 9.13 Å². The first-order valence-corrected chi connectivity index (χ1v) is 12.2.